The van der Waals surface area contributed by atoms with Crippen LogP contribution in [0.3, 0.4) is 0 Å². The molecule has 1 aromatic heterocycles. The summed E-state index contributed by atoms with van der Waals surface area (Å²) in [6.45, 7) is -0.199. The van der Waals surface area contributed by atoms with Crippen molar-refractivity contribution in [2.75, 3.05) is 11.9 Å². The van der Waals surface area contributed by atoms with Crippen LogP contribution in [0.15, 0.2) is 18.2 Å². The number of aryl methyl sites for hydroxylation is 2. The number of nitrogens with one attached hydrogen (secondary N) is 1. The van der Waals surface area contributed by atoms with Crippen LogP contribution in [0.25, 0.3) is 0 Å². The molecule has 0 spiro atoms. The van der Waals surface area contributed by atoms with E-state index in [1.807, 2.05) is 0 Å². The second kappa shape index (κ2) is 7.27. The molecule has 0 bridgehead atoms. The van der Waals surface area contributed by atoms with Crippen molar-refractivity contribution in [3.8, 4) is 5.75 Å². The van der Waals surface area contributed by atoms with Crippen LogP contribution >= 0.6 is 22.9 Å². The summed E-state index contributed by atoms with van der Waals surface area (Å²) in [5.41, 5.74) is 1.10. The van der Waals surface area contributed by atoms with Gasteiger partial charge in [0.25, 0.3) is 5.91 Å². The third-order valence-electron chi connectivity index (χ3n) is 3.59. The van der Waals surface area contributed by atoms with E-state index in [9.17, 15) is 9.18 Å². The number of carbonyl (C=O) groups excluding carboxylic acids is 1. The number of fused-ring (bicyclic) bond motifs is 1. The normalized spacial score (nSPS) is 14.0. The van der Waals surface area contributed by atoms with E-state index in [2.05, 4.69) is 10.3 Å². The van der Waals surface area contributed by atoms with Crippen molar-refractivity contribution < 1.29 is 13.9 Å². The predicted octanol–water partition coefficient (Wildman–Crippen LogP) is 4.22. The minimum Gasteiger partial charge on any atom is -0.482 e. The summed E-state index contributed by atoms with van der Waals surface area (Å²) < 4.78 is 18.3. The maximum atomic E-state index is 12.9. The van der Waals surface area contributed by atoms with Gasteiger partial charge in [0.2, 0.25) is 0 Å². The maximum Gasteiger partial charge on any atom is 0.264 e. The van der Waals surface area contributed by atoms with Crippen LogP contribution in [-0.2, 0) is 17.6 Å². The minimum atomic E-state index is -0.448. The van der Waals surface area contributed by atoms with Crippen LogP contribution in [-0.4, -0.2) is 17.5 Å². The summed E-state index contributed by atoms with van der Waals surface area (Å²) in [4.78, 5) is 17.7. The molecule has 0 aliphatic heterocycles. The van der Waals surface area contributed by atoms with Crippen molar-refractivity contribution in [3.05, 3.63) is 39.6 Å². The number of rotatable bonds is 4. The second-order valence-electron chi connectivity index (χ2n) is 5.36. The van der Waals surface area contributed by atoms with Crippen LogP contribution in [0.5, 0.6) is 5.75 Å². The molecule has 0 saturated heterocycles. The number of ether oxygens (including phenoxy) is 1. The second-order valence-corrected chi connectivity index (χ2v) is 6.85. The van der Waals surface area contributed by atoms with Crippen LogP contribution < -0.4 is 10.1 Å². The Morgan fingerprint density at radius 3 is 3.00 bits per heavy atom. The Hall–Kier alpha value is -1.66. The molecule has 1 aliphatic rings. The average molecular weight is 355 g/mol. The van der Waals surface area contributed by atoms with Gasteiger partial charge in [0, 0.05) is 4.88 Å². The monoisotopic (exact) mass is 354 g/mol. The van der Waals surface area contributed by atoms with E-state index in [0.717, 1.165) is 31.0 Å². The molecule has 1 heterocycles. The Kier molecular flexibility index (Phi) is 5.13. The lowest BCUT2D eigenvalue weighted by molar-refractivity contribution is -0.118. The number of nitrogens with zero attached hydrogens (tertiary/aromatic N) is 1. The number of halogens is 2. The predicted molar refractivity (Wildman–Crippen MR) is 88.9 cm³/mol. The molecule has 3 rings (SSSR count). The molecule has 0 atom stereocenters. The quantitative estimate of drug-likeness (QED) is 0.836. The van der Waals surface area contributed by atoms with E-state index >= 15 is 0 Å². The van der Waals surface area contributed by atoms with Gasteiger partial charge in [-0.3, -0.25) is 10.1 Å². The number of benzene rings is 1. The number of thiazole rings is 1. The van der Waals surface area contributed by atoms with Crippen molar-refractivity contribution in [3.63, 3.8) is 0 Å². The molecule has 2 aromatic rings. The van der Waals surface area contributed by atoms with Gasteiger partial charge in [-0.15, -0.1) is 11.3 Å². The lowest BCUT2D eigenvalue weighted by Crippen LogP contribution is -2.20. The van der Waals surface area contributed by atoms with Gasteiger partial charge in [-0.25, -0.2) is 9.37 Å². The average Bonchev–Trinajstić information content (AvgIpc) is 2.75. The summed E-state index contributed by atoms with van der Waals surface area (Å²) >= 11 is 7.38. The Morgan fingerprint density at radius 2 is 2.17 bits per heavy atom. The standard InChI is InChI=1S/C16H16ClFN2O2S/c17-11-8-10(18)6-7-13(11)22-9-15(21)20-16-19-12-4-2-1-3-5-14(12)23-16/h6-8H,1-5,9H2,(H,19,20,21). The molecule has 0 fully saturated rings. The number of aromatic nitrogens is 1. The van der Waals surface area contributed by atoms with Gasteiger partial charge in [0.1, 0.15) is 11.6 Å². The highest BCUT2D eigenvalue weighted by atomic mass is 35.5. The Labute approximate surface area is 142 Å². The number of amides is 1. The SMILES string of the molecule is O=C(COc1ccc(F)cc1Cl)Nc1nc2c(s1)CCCCC2. The van der Waals surface area contributed by atoms with Gasteiger partial charge in [0.05, 0.1) is 10.7 Å². The molecule has 122 valence electrons. The number of hydrogen-bond acceptors (Lipinski definition) is 4. The van der Waals surface area contributed by atoms with E-state index in [4.69, 9.17) is 16.3 Å². The fourth-order valence-electron chi connectivity index (χ4n) is 2.47. The van der Waals surface area contributed by atoms with Gasteiger partial charge in [0.15, 0.2) is 11.7 Å². The molecule has 1 N–H and O–H groups in total. The molecule has 0 saturated carbocycles. The first-order valence-electron chi connectivity index (χ1n) is 7.48. The van der Waals surface area contributed by atoms with Crippen LogP contribution in [0.1, 0.15) is 29.8 Å². The van der Waals surface area contributed by atoms with E-state index in [0.29, 0.717) is 5.13 Å². The first-order valence-corrected chi connectivity index (χ1v) is 8.67. The lowest BCUT2D eigenvalue weighted by Gasteiger charge is -2.07. The van der Waals surface area contributed by atoms with Gasteiger partial charge >= 0.3 is 0 Å². The first-order chi connectivity index (χ1) is 11.1. The Bertz CT molecular complexity index is 697. The van der Waals surface area contributed by atoms with Crippen molar-refractivity contribution in [1.82, 2.24) is 4.98 Å². The fraction of sp³-hybridized carbons (Fsp3) is 0.375. The van der Waals surface area contributed by atoms with E-state index in [-0.39, 0.29) is 23.3 Å². The maximum absolute atomic E-state index is 12.9. The summed E-state index contributed by atoms with van der Waals surface area (Å²) in [7, 11) is 0. The highest BCUT2D eigenvalue weighted by Gasteiger charge is 2.15. The van der Waals surface area contributed by atoms with Gasteiger partial charge in [-0.2, -0.15) is 0 Å². The molecule has 4 nitrogen and oxygen atoms in total. The molecule has 1 aromatic carbocycles. The lowest BCUT2D eigenvalue weighted by atomic mass is 10.2. The van der Waals surface area contributed by atoms with E-state index in [1.54, 1.807) is 0 Å². The molecular formula is C16H16ClFN2O2S. The zero-order valence-corrected chi connectivity index (χ0v) is 14.0. The highest BCUT2D eigenvalue weighted by molar-refractivity contribution is 7.15. The first kappa shape index (κ1) is 16.2. The molecule has 0 radical (unpaired) electrons. The fourth-order valence-corrected chi connectivity index (χ4v) is 3.76. The molecule has 23 heavy (non-hydrogen) atoms. The molecule has 1 amide bonds. The van der Waals surface area contributed by atoms with Crippen molar-refractivity contribution in [2.45, 2.75) is 32.1 Å². The van der Waals surface area contributed by atoms with Gasteiger partial charge in [-0.05, 0) is 43.9 Å². The van der Waals surface area contributed by atoms with Crippen molar-refractivity contribution in [1.29, 1.82) is 0 Å². The van der Waals surface area contributed by atoms with Gasteiger partial charge < -0.3 is 4.74 Å². The Balaban J connectivity index is 1.57. The number of carbonyl (C=O) groups is 1. The van der Waals surface area contributed by atoms with Crippen LogP contribution in [0, 0.1) is 5.82 Å². The highest BCUT2D eigenvalue weighted by Crippen LogP contribution is 2.29. The molecule has 1 aliphatic carbocycles. The topological polar surface area (TPSA) is 51.2 Å². The summed E-state index contributed by atoms with van der Waals surface area (Å²) in [5.74, 6) is -0.483. The summed E-state index contributed by atoms with van der Waals surface area (Å²) in [5, 5.41) is 3.49. The third kappa shape index (κ3) is 4.20. The number of anilines is 1. The zero-order valence-electron chi connectivity index (χ0n) is 12.4. The molecule has 7 heteroatoms. The van der Waals surface area contributed by atoms with Crippen LogP contribution in [0.4, 0.5) is 9.52 Å². The van der Waals surface area contributed by atoms with E-state index in [1.165, 1.54) is 41.2 Å². The molecule has 0 unspecified atom stereocenters. The molecular weight excluding hydrogens is 339 g/mol. The zero-order chi connectivity index (χ0) is 16.2. The van der Waals surface area contributed by atoms with Gasteiger partial charge in [-0.1, -0.05) is 18.0 Å². The van der Waals surface area contributed by atoms with Crippen molar-refractivity contribution >= 4 is 34.0 Å². The van der Waals surface area contributed by atoms with Crippen molar-refractivity contribution in [2.24, 2.45) is 0 Å². The number of hydrogen-bond donors (Lipinski definition) is 1. The smallest absolute Gasteiger partial charge is 0.264 e. The summed E-state index contributed by atoms with van der Waals surface area (Å²) in [6.07, 6.45) is 5.57. The summed E-state index contributed by atoms with van der Waals surface area (Å²) in [6, 6.07) is 3.78. The van der Waals surface area contributed by atoms with E-state index < -0.39 is 5.82 Å². The largest absolute Gasteiger partial charge is 0.482 e. The Morgan fingerprint density at radius 1 is 1.35 bits per heavy atom. The minimum absolute atomic E-state index is 0.138. The van der Waals surface area contributed by atoms with Crippen LogP contribution in [0.2, 0.25) is 5.02 Å². The third-order valence-corrected chi connectivity index (χ3v) is 4.96.